The molecule has 2 heteroatoms. The molecule has 0 saturated heterocycles. The Labute approximate surface area is 166 Å². The van der Waals surface area contributed by atoms with Gasteiger partial charge in [-0.3, -0.25) is 0 Å². The molecule has 2 nitrogen and oxygen atoms in total. The summed E-state index contributed by atoms with van der Waals surface area (Å²) in [5.74, 6) is -0.398. The van der Waals surface area contributed by atoms with Crippen LogP contribution in [0, 0.1) is 0 Å². The lowest BCUT2D eigenvalue weighted by atomic mass is 9.69. The number of benzene rings is 4. The predicted octanol–water partition coefficient (Wildman–Crippen LogP) is 5.65. The fourth-order valence-electron chi connectivity index (χ4n) is 4.13. The van der Waals surface area contributed by atoms with Crippen molar-refractivity contribution in [3.8, 4) is 0 Å². The molecule has 1 atom stereocenters. The SMILES string of the molecule is CC(C)(O)C(C)(O)C(c1cccc2ccccc12)c1cccc2ccccc12. The maximum atomic E-state index is 11.7. The molecule has 0 radical (unpaired) electrons. The Balaban J connectivity index is 2.09. The molecule has 28 heavy (non-hydrogen) atoms. The molecule has 142 valence electrons. The van der Waals surface area contributed by atoms with E-state index in [1.54, 1.807) is 20.8 Å². The second-order valence-corrected chi connectivity index (χ2v) is 8.28. The lowest BCUT2D eigenvalue weighted by Crippen LogP contribution is -2.52. The van der Waals surface area contributed by atoms with Gasteiger partial charge in [0.1, 0.15) is 5.60 Å². The summed E-state index contributed by atoms with van der Waals surface area (Å²) in [6.45, 7) is 5.09. The highest BCUT2D eigenvalue weighted by atomic mass is 16.4. The number of aliphatic hydroxyl groups is 2. The Morgan fingerprint density at radius 2 is 0.964 bits per heavy atom. The minimum Gasteiger partial charge on any atom is -0.387 e. The molecule has 0 aliphatic carbocycles. The van der Waals surface area contributed by atoms with Crippen LogP contribution in [-0.4, -0.2) is 21.4 Å². The second kappa shape index (κ2) is 6.73. The van der Waals surface area contributed by atoms with Crippen molar-refractivity contribution in [2.24, 2.45) is 0 Å². The first-order valence-electron chi connectivity index (χ1n) is 9.71. The zero-order valence-corrected chi connectivity index (χ0v) is 16.6. The smallest absolute Gasteiger partial charge is 0.101 e. The Bertz CT molecular complexity index is 1050. The third-order valence-electron chi connectivity index (χ3n) is 6.07. The highest BCUT2D eigenvalue weighted by molar-refractivity contribution is 5.90. The van der Waals surface area contributed by atoms with Crippen LogP contribution >= 0.6 is 0 Å². The van der Waals surface area contributed by atoms with Crippen LogP contribution in [0.4, 0.5) is 0 Å². The van der Waals surface area contributed by atoms with Gasteiger partial charge in [-0.2, -0.15) is 0 Å². The van der Waals surface area contributed by atoms with Gasteiger partial charge in [0.25, 0.3) is 0 Å². The Kier molecular flexibility index (Phi) is 4.49. The molecule has 0 aliphatic rings. The van der Waals surface area contributed by atoms with Gasteiger partial charge in [-0.25, -0.2) is 0 Å². The standard InChI is InChI=1S/C26H26O2/c1-25(2,27)26(3,28)24(22-16-8-12-18-10-4-6-14-20(18)22)23-17-9-13-19-11-5-7-15-21(19)23/h4-17,24,27-28H,1-3H3. The summed E-state index contributed by atoms with van der Waals surface area (Å²) in [5.41, 5.74) is -0.657. The van der Waals surface area contributed by atoms with Crippen LogP contribution in [0.3, 0.4) is 0 Å². The van der Waals surface area contributed by atoms with Crippen molar-refractivity contribution in [1.29, 1.82) is 0 Å². The third-order valence-corrected chi connectivity index (χ3v) is 6.07. The van der Waals surface area contributed by atoms with Crippen LogP contribution in [0.1, 0.15) is 37.8 Å². The zero-order chi connectivity index (χ0) is 19.9. The number of hydrogen-bond donors (Lipinski definition) is 2. The summed E-state index contributed by atoms with van der Waals surface area (Å²) in [4.78, 5) is 0. The van der Waals surface area contributed by atoms with E-state index in [-0.39, 0.29) is 0 Å². The third kappa shape index (κ3) is 2.99. The maximum Gasteiger partial charge on any atom is 0.101 e. The van der Waals surface area contributed by atoms with Crippen molar-refractivity contribution >= 4 is 21.5 Å². The molecule has 1 unspecified atom stereocenters. The molecule has 4 aromatic rings. The van der Waals surface area contributed by atoms with Crippen LogP contribution in [0.25, 0.3) is 21.5 Å². The van der Waals surface area contributed by atoms with E-state index in [1.807, 2.05) is 36.4 Å². The average molecular weight is 370 g/mol. The van der Waals surface area contributed by atoms with Gasteiger partial charge in [0, 0.05) is 5.92 Å². The van der Waals surface area contributed by atoms with Crippen LogP contribution < -0.4 is 0 Å². The van der Waals surface area contributed by atoms with Gasteiger partial charge in [-0.15, -0.1) is 0 Å². The predicted molar refractivity (Wildman–Crippen MR) is 117 cm³/mol. The summed E-state index contributed by atoms with van der Waals surface area (Å²) >= 11 is 0. The first-order valence-corrected chi connectivity index (χ1v) is 9.71. The lowest BCUT2D eigenvalue weighted by molar-refractivity contribution is -0.128. The van der Waals surface area contributed by atoms with Gasteiger partial charge in [0.05, 0.1) is 5.60 Å². The molecule has 0 fully saturated rings. The van der Waals surface area contributed by atoms with E-state index in [4.69, 9.17) is 0 Å². The van der Waals surface area contributed by atoms with Crippen LogP contribution in [-0.2, 0) is 0 Å². The summed E-state index contributed by atoms with van der Waals surface area (Å²) in [6.07, 6.45) is 0. The molecule has 4 rings (SSSR count). The van der Waals surface area contributed by atoms with Crippen molar-refractivity contribution in [2.45, 2.75) is 37.9 Å². The van der Waals surface area contributed by atoms with Crippen LogP contribution in [0.15, 0.2) is 84.9 Å². The summed E-state index contributed by atoms with van der Waals surface area (Å²) in [7, 11) is 0. The van der Waals surface area contributed by atoms with Crippen LogP contribution in [0.2, 0.25) is 0 Å². The van der Waals surface area contributed by atoms with E-state index >= 15 is 0 Å². The summed E-state index contributed by atoms with van der Waals surface area (Å²) in [5, 5.41) is 27.0. The average Bonchev–Trinajstić information content (AvgIpc) is 2.67. The Hall–Kier alpha value is -2.68. The number of fused-ring (bicyclic) bond motifs is 2. The van der Waals surface area contributed by atoms with Crippen molar-refractivity contribution in [3.63, 3.8) is 0 Å². The molecule has 2 N–H and O–H groups in total. The summed E-state index contributed by atoms with van der Waals surface area (Å²) in [6, 6.07) is 28.8. The monoisotopic (exact) mass is 370 g/mol. The van der Waals surface area contributed by atoms with E-state index in [0.29, 0.717) is 0 Å². The molecule has 0 amide bonds. The first kappa shape index (κ1) is 18.7. The quantitative estimate of drug-likeness (QED) is 0.487. The van der Waals surface area contributed by atoms with Crippen molar-refractivity contribution in [3.05, 3.63) is 96.1 Å². The van der Waals surface area contributed by atoms with Gasteiger partial charge in [0.2, 0.25) is 0 Å². The molecular weight excluding hydrogens is 344 g/mol. The van der Waals surface area contributed by atoms with E-state index in [1.165, 1.54) is 0 Å². The fourth-order valence-corrected chi connectivity index (χ4v) is 4.13. The molecule has 0 bridgehead atoms. The van der Waals surface area contributed by atoms with Gasteiger partial charge in [-0.05, 0) is 53.4 Å². The topological polar surface area (TPSA) is 40.5 Å². The van der Waals surface area contributed by atoms with E-state index in [9.17, 15) is 10.2 Å². The molecular formula is C26H26O2. The number of rotatable bonds is 4. The minimum absolute atomic E-state index is 0.398. The molecule has 0 saturated carbocycles. The molecule has 0 spiro atoms. The second-order valence-electron chi connectivity index (χ2n) is 8.28. The van der Waals surface area contributed by atoms with E-state index in [2.05, 4.69) is 48.5 Å². The first-order chi connectivity index (χ1) is 13.3. The van der Waals surface area contributed by atoms with Gasteiger partial charge < -0.3 is 10.2 Å². The van der Waals surface area contributed by atoms with E-state index < -0.39 is 17.1 Å². The van der Waals surface area contributed by atoms with Crippen molar-refractivity contribution in [2.75, 3.05) is 0 Å². The lowest BCUT2D eigenvalue weighted by Gasteiger charge is -2.43. The normalized spacial score (nSPS) is 14.5. The highest BCUT2D eigenvalue weighted by Gasteiger charge is 2.46. The fraction of sp³-hybridized carbons (Fsp3) is 0.231. The van der Waals surface area contributed by atoms with E-state index in [0.717, 1.165) is 32.7 Å². The Morgan fingerprint density at radius 1 is 0.571 bits per heavy atom. The Morgan fingerprint density at radius 3 is 1.39 bits per heavy atom. The highest BCUT2D eigenvalue weighted by Crippen LogP contribution is 2.45. The summed E-state index contributed by atoms with van der Waals surface area (Å²) < 4.78 is 0. The maximum absolute atomic E-state index is 11.7. The van der Waals surface area contributed by atoms with Crippen molar-refractivity contribution < 1.29 is 10.2 Å². The molecule has 0 heterocycles. The minimum atomic E-state index is -1.39. The van der Waals surface area contributed by atoms with Crippen LogP contribution in [0.5, 0.6) is 0 Å². The number of hydrogen-bond acceptors (Lipinski definition) is 2. The molecule has 0 aliphatic heterocycles. The van der Waals surface area contributed by atoms with Gasteiger partial charge in [0.15, 0.2) is 0 Å². The zero-order valence-electron chi connectivity index (χ0n) is 16.6. The molecule has 0 aromatic heterocycles. The van der Waals surface area contributed by atoms with Gasteiger partial charge in [-0.1, -0.05) is 84.9 Å². The largest absolute Gasteiger partial charge is 0.387 e. The molecule has 4 aromatic carbocycles. The van der Waals surface area contributed by atoms with Crippen molar-refractivity contribution in [1.82, 2.24) is 0 Å². The van der Waals surface area contributed by atoms with Gasteiger partial charge >= 0.3 is 0 Å².